The summed E-state index contributed by atoms with van der Waals surface area (Å²) in [4.78, 5) is 58.5. The second kappa shape index (κ2) is 11.3. The first-order chi connectivity index (χ1) is 20.2. The van der Waals surface area contributed by atoms with E-state index in [0.717, 1.165) is 17.3 Å². The van der Waals surface area contributed by atoms with Gasteiger partial charge in [-0.3, -0.25) is 14.3 Å². The van der Waals surface area contributed by atoms with E-state index in [9.17, 15) is 19.2 Å². The average Bonchev–Trinajstić information content (AvgIpc) is 3.62. The van der Waals surface area contributed by atoms with Gasteiger partial charge in [-0.25, -0.2) is 14.4 Å². The summed E-state index contributed by atoms with van der Waals surface area (Å²) in [5.41, 5.74) is -0.294. The zero-order chi connectivity index (χ0) is 31.1. The number of nitrogens with zero attached hydrogens (tertiary/aromatic N) is 4. The van der Waals surface area contributed by atoms with Crippen molar-refractivity contribution in [1.29, 1.82) is 0 Å². The van der Waals surface area contributed by atoms with Gasteiger partial charge in [-0.2, -0.15) is 5.10 Å². The predicted octanol–water partition coefficient (Wildman–Crippen LogP) is 4.54. The number of ether oxygens (including phenoxy) is 3. The van der Waals surface area contributed by atoms with Gasteiger partial charge in [-0.1, -0.05) is 12.1 Å². The Balaban J connectivity index is 1.28. The molecule has 2 aliphatic rings. The number of esters is 1. The molecule has 1 fully saturated rings. The Kier molecular flexibility index (Phi) is 7.91. The highest BCUT2D eigenvalue weighted by Gasteiger charge is 2.41. The number of carbonyl (C=O) groups is 4. The van der Waals surface area contributed by atoms with Crippen molar-refractivity contribution in [1.82, 2.24) is 19.7 Å². The molecule has 0 bridgehead atoms. The van der Waals surface area contributed by atoms with E-state index >= 15 is 0 Å². The summed E-state index contributed by atoms with van der Waals surface area (Å²) in [6.07, 6.45) is 0.873. The molecule has 12 heteroatoms. The largest absolute Gasteiger partial charge is 0.490 e. The number of fused-ring (bicyclic) bond motifs is 2. The van der Waals surface area contributed by atoms with Crippen LogP contribution in [-0.2, 0) is 19.1 Å². The number of likely N-dealkylation sites (tertiary alicyclic amines) is 1. The first-order valence-electron chi connectivity index (χ1n) is 14.2. The highest BCUT2D eigenvalue weighted by Crippen LogP contribution is 2.28. The smallest absolute Gasteiger partial charge is 0.410 e. The molecule has 1 saturated heterocycles. The molecule has 1 aromatic heterocycles. The quantitative estimate of drug-likeness (QED) is 0.287. The number of rotatable bonds is 7. The molecule has 43 heavy (non-hydrogen) atoms. The second-order valence-electron chi connectivity index (χ2n) is 12.6. The topological polar surface area (TPSA) is 130 Å². The molecule has 3 amide bonds. The van der Waals surface area contributed by atoms with Crippen LogP contribution in [0.25, 0.3) is 10.9 Å². The van der Waals surface area contributed by atoms with E-state index in [2.05, 4.69) is 5.10 Å². The van der Waals surface area contributed by atoms with Gasteiger partial charge in [0.25, 0.3) is 11.8 Å². The number of imide groups is 1. The van der Waals surface area contributed by atoms with Gasteiger partial charge in [0.2, 0.25) is 6.10 Å². The number of amides is 3. The van der Waals surface area contributed by atoms with Gasteiger partial charge in [-0.15, -0.1) is 5.06 Å². The maximum atomic E-state index is 13.0. The molecular formula is C31H36N4O8. The van der Waals surface area contributed by atoms with Gasteiger partial charge in [0, 0.05) is 24.7 Å². The Morgan fingerprint density at radius 2 is 1.60 bits per heavy atom. The summed E-state index contributed by atoms with van der Waals surface area (Å²) in [7, 11) is 0. The van der Waals surface area contributed by atoms with Crippen LogP contribution < -0.4 is 4.74 Å². The highest BCUT2D eigenvalue weighted by molar-refractivity contribution is 6.20. The van der Waals surface area contributed by atoms with Crippen LogP contribution in [0.1, 0.15) is 74.7 Å². The van der Waals surface area contributed by atoms with E-state index < -0.39 is 35.1 Å². The minimum Gasteiger partial charge on any atom is -0.490 e. The number of hydrogen-bond acceptors (Lipinski definition) is 9. The lowest BCUT2D eigenvalue weighted by Crippen LogP contribution is -2.43. The number of carbonyl (C=O) groups excluding carboxylic acids is 4. The van der Waals surface area contributed by atoms with E-state index in [0.29, 0.717) is 23.9 Å². The Labute approximate surface area is 249 Å². The van der Waals surface area contributed by atoms with Crippen LogP contribution in [-0.4, -0.2) is 80.6 Å². The van der Waals surface area contributed by atoms with Crippen molar-refractivity contribution in [3.05, 3.63) is 59.8 Å². The van der Waals surface area contributed by atoms with Gasteiger partial charge < -0.3 is 19.1 Å². The fourth-order valence-corrected chi connectivity index (χ4v) is 4.82. The van der Waals surface area contributed by atoms with Crippen molar-refractivity contribution in [3.63, 3.8) is 0 Å². The summed E-state index contributed by atoms with van der Waals surface area (Å²) in [5.74, 6) is -1.69. The molecule has 0 N–H and O–H groups in total. The predicted molar refractivity (Wildman–Crippen MR) is 154 cm³/mol. The number of hydroxylamine groups is 2. The van der Waals surface area contributed by atoms with Gasteiger partial charge in [-0.05, 0) is 78.3 Å². The molecule has 228 valence electrons. The van der Waals surface area contributed by atoms with Crippen LogP contribution in [0.2, 0.25) is 0 Å². The molecule has 2 atom stereocenters. The first-order valence-corrected chi connectivity index (χ1v) is 14.2. The molecule has 12 nitrogen and oxygen atoms in total. The molecule has 3 heterocycles. The molecule has 5 rings (SSSR count). The standard InChI is InChI=1S/C31H36N4O8/c1-30(2,3)41-28(38)25(43-35-26(36)22-9-7-8-10-23(22)27(35)37)18-40-21-11-12-24-19(15-21)16-34(32-24)20-13-14-33(17-20)29(39)42-31(4,5)6/h7-12,15-16,20,25H,13-14,17-18H2,1-6H3. The van der Waals surface area contributed by atoms with Crippen molar-refractivity contribution >= 4 is 34.8 Å². The lowest BCUT2D eigenvalue weighted by atomic mass is 10.1. The molecular weight excluding hydrogens is 556 g/mol. The van der Waals surface area contributed by atoms with Crippen LogP contribution >= 0.6 is 0 Å². The van der Waals surface area contributed by atoms with Crippen molar-refractivity contribution in [3.8, 4) is 5.75 Å². The molecule has 0 aliphatic carbocycles. The summed E-state index contributed by atoms with van der Waals surface area (Å²) in [6, 6.07) is 11.6. The van der Waals surface area contributed by atoms with Crippen molar-refractivity contribution in [2.45, 2.75) is 71.3 Å². The number of hydrogen-bond donors (Lipinski definition) is 0. The zero-order valence-corrected chi connectivity index (χ0v) is 25.2. The fraction of sp³-hybridized carbons (Fsp3) is 0.452. The van der Waals surface area contributed by atoms with E-state index in [1.807, 2.05) is 31.6 Å². The van der Waals surface area contributed by atoms with E-state index in [4.69, 9.17) is 19.0 Å². The maximum Gasteiger partial charge on any atom is 0.410 e. The minimum absolute atomic E-state index is 0.00565. The number of benzene rings is 2. The van der Waals surface area contributed by atoms with Gasteiger partial charge in [0.1, 0.15) is 23.6 Å². The molecule has 2 aromatic carbocycles. The Morgan fingerprint density at radius 1 is 0.953 bits per heavy atom. The van der Waals surface area contributed by atoms with E-state index in [1.165, 1.54) is 12.1 Å². The normalized spacial score (nSPS) is 17.8. The second-order valence-corrected chi connectivity index (χ2v) is 12.6. The van der Waals surface area contributed by atoms with Crippen molar-refractivity contribution in [2.75, 3.05) is 19.7 Å². The van der Waals surface area contributed by atoms with Crippen molar-refractivity contribution < 1.29 is 38.2 Å². The Morgan fingerprint density at radius 3 is 2.23 bits per heavy atom. The van der Waals surface area contributed by atoms with Gasteiger partial charge in [0.15, 0.2) is 0 Å². The summed E-state index contributed by atoms with van der Waals surface area (Å²) < 4.78 is 18.7. The maximum absolute atomic E-state index is 13.0. The number of aromatic nitrogens is 2. The Hall–Kier alpha value is -4.45. The lowest BCUT2D eigenvalue weighted by molar-refractivity contribution is -0.193. The van der Waals surface area contributed by atoms with Crippen LogP contribution in [0.4, 0.5) is 4.79 Å². The summed E-state index contributed by atoms with van der Waals surface area (Å²) in [5, 5.41) is 6.05. The van der Waals surface area contributed by atoms with Gasteiger partial charge >= 0.3 is 12.1 Å². The van der Waals surface area contributed by atoms with Crippen molar-refractivity contribution in [2.24, 2.45) is 0 Å². The molecule has 0 spiro atoms. The first kappa shape index (κ1) is 30.0. The molecule has 3 aromatic rings. The monoisotopic (exact) mass is 592 g/mol. The lowest BCUT2D eigenvalue weighted by Gasteiger charge is -2.26. The Bertz CT molecular complexity index is 1530. The van der Waals surface area contributed by atoms with Crippen LogP contribution in [0.15, 0.2) is 48.7 Å². The third-order valence-corrected chi connectivity index (χ3v) is 6.74. The minimum atomic E-state index is -1.41. The third kappa shape index (κ3) is 6.80. The molecule has 2 aliphatic heterocycles. The van der Waals surface area contributed by atoms with Gasteiger partial charge in [0.05, 0.1) is 22.7 Å². The average molecular weight is 593 g/mol. The third-order valence-electron chi connectivity index (χ3n) is 6.74. The van der Waals surface area contributed by atoms with Crippen LogP contribution in [0.3, 0.4) is 0 Å². The van der Waals surface area contributed by atoms with Crippen LogP contribution in [0.5, 0.6) is 5.75 Å². The molecule has 0 radical (unpaired) electrons. The molecule has 0 saturated carbocycles. The fourth-order valence-electron chi connectivity index (χ4n) is 4.82. The molecule has 2 unspecified atom stereocenters. The summed E-state index contributed by atoms with van der Waals surface area (Å²) >= 11 is 0. The zero-order valence-electron chi connectivity index (χ0n) is 25.2. The highest BCUT2D eigenvalue weighted by atomic mass is 16.7. The SMILES string of the molecule is CC(C)(C)OC(=O)C(COc1ccc2nn(C3CCN(C(=O)OC(C)(C)C)C3)cc2c1)ON1C(=O)c2ccccc2C1=O. The van der Waals surface area contributed by atoms with E-state index in [1.54, 1.807) is 56.0 Å². The van der Waals surface area contributed by atoms with E-state index in [-0.39, 0.29) is 29.9 Å². The van der Waals surface area contributed by atoms with Crippen LogP contribution in [0, 0.1) is 0 Å². The summed E-state index contributed by atoms with van der Waals surface area (Å²) in [6.45, 7) is 11.4.